The molecule has 0 atom stereocenters. The topological polar surface area (TPSA) is 100 Å². The number of hydrogen-bond acceptors (Lipinski definition) is 10. The summed E-state index contributed by atoms with van der Waals surface area (Å²) in [5.41, 5.74) is 2.66. The molecular formula is C24H29N5O3S2. The van der Waals surface area contributed by atoms with Crippen LogP contribution in [0.1, 0.15) is 46.4 Å². The Morgan fingerprint density at radius 2 is 1.97 bits per heavy atom. The molecule has 1 aliphatic rings. The van der Waals surface area contributed by atoms with Crippen LogP contribution in [-0.2, 0) is 11.2 Å². The number of aliphatic hydroxyl groups is 1. The van der Waals surface area contributed by atoms with Crippen LogP contribution in [0.5, 0.6) is 0 Å². The molecule has 1 saturated heterocycles. The number of ether oxygens (including phenoxy) is 1. The standard InChI is InChI=1S/C24H29N5O3S2/c1-4-32-22(31)21-15(2)25-24(34-21)28-23-26-17(13-16-5-7-19(33-3)8-6-16)14-20(27-23)29-11-9-18(30)10-12-29/h5-8,14,18,30H,4,9-13H2,1-3H3,(H,25,26,27,28). The summed E-state index contributed by atoms with van der Waals surface area (Å²) in [5.74, 6) is 0.879. The molecule has 0 amide bonds. The molecule has 1 aromatic carbocycles. The molecule has 0 saturated carbocycles. The van der Waals surface area contributed by atoms with Gasteiger partial charge in [0.15, 0.2) is 5.13 Å². The van der Waals surface area contributed by atoms with Gasteiger partial charge in [-0.2, -0.15) is 4.98 Å². The largest absolute Gasteiger partial charge is 0.462 e. The molecule has 1 aliphatic heterocycles. The zero-order chi connectivity index (χ0) is 24.1. The van der Waals surface area contributed by atoms with E-state index in [0.29, 0.717) is 47.5 Å². The molecule has 0 spiro atoms. The predicted molar refractivity (Wildman–Crippen MR) is 137 cm³/mol. The van der Waals surface area contributed by atoms with E-state index < -0.39 is 0 Å². The van der Waals surface area contributed by atoms with Crippen LogP contribution in [0.15, 0.2) is 35.2 Å². The van der Waals surface area contributed by atoms with E-state index in [1.165, 1.54) is 16.2 Å². The third kappa shape index (κ3) is 6.05. The van der Waals surface area contributed by atoms with Crippen molar-refractivity contribution in [3.05, 3.63) is 52.2 Å². The lowest BCUT2D eigenvalue weighted by atomic mass is 10.1. The molecule has 2 N–H and O–H groups in total. The van der Waals surface area contributed by atoms with Crippen molar-refractivity contribution in [2.45, 2.75) is 44.1 Å². The van der Waals surface area contributed by atoms with Crippen molar-refractivity contribution in [1.82, 2.24) is 15.0 Å². The Morgan fingerprint density at radius 3 is 2.65 bits per heavy atom. The van der Waals surface area contributed by atoms with Crippen LogP contribution in [0.3, 0.4) is 0 Å². The van der Waals surface area contributed by atoms with E-state index in [4.69, 9.17) is 14.7 Å². The van der Waals surface area contributed by atoms with Crippen molar-refractivity contribution in [2.24, 2.45) is 0 Å². The minimum absolute atomic E-state index is 0.260. The second-order valence-electron chi connectivity index (χ2n) is 8.06. The molecule has 2 aromatic heterocycles. The number of nitrogens with one attached hydrogen (secondary N) is 1. The quantitative estimate of drug-likeness (QED) is 0.344. The monoisotopic (exact) mass is 499 g/mol. The van der Waals surface area contributed by atoms with E-state index in [1.54, 1.807) is 25.6 Å². The number of carbonyl (C=O) groups is 1. The highest BCUT2D eigenvalue weighted by atomic mass is 32.2. The molecule has 1 fully saturated rings. The fraction of sp³-hybridized carbons (Fsp3) is 0.417. The Bertz CT molecular complexity index is 1130. The van der Waals surface area contributed by atoms with Gasteiger partial charge in [-0.05, 0) is 50.6 Å². The predicted octanol–water partition coefficient (Wildman–Crippen LogP) is 4.44. The minimum Gasteiger partial charge on any atom is -0.462 e. The van der Waals surface area contributed by atoms with Crippen LogP contribution in [0.25, 0.3) is 0 Å². The number of rotatable bonds is 8. The SMILES string of the molecule is CCOC(=O)c1sc(Nc2nc(Cc3ccc(SC)cc3)cc(N3CCC(O)CC3)n2)nc1C. The second-order valence-corrected chi connectivity index (χ2v) is 9.94. The van der Waals surface area contributed by atoms with Crippen LogP contribution in [0.2, 0.25) is 0 Å². The van der Waals surface area contributed by atoms with E-state index in [2.05, 4.69) is 45.7 Å². The zero-order valence-corrected chi connectivity index (χ0v) is 21.2. The summed E-state index contributed by atoms with van der Waals surface area (Å²) in [4.78, 5) is 30.0. The van der Waals surface area contributed by atoms with Crippen LogP contribution in [0.4, 0.5) is 16.9 Å². The first kappa shape index (κ1) is 24.4. The van der Waals surface area contributed by atoms with Crippen LogP contribution in [0, 0.1) is 6.92 Å². The number of esters is 1. The molecule has 4 rings (SSSR count). The van der Waals surface area contributed by atoms with Crippen molar-refractivity contribution in [1.29, 1.82) is 0 Å². The molecule has 0 unspecified atom stereocenters. The molecular weight excluding hydrogens is 470 g/mol. The number of benzene rings is 1. The van der Waals surface area contributed by atoms with Crippen LogP contribution >= 0.6 is 23.1 Å². The number of aryl methyl sites for hydroxylation is 1. The van der Waals surface area contributed by atoms with Gasteiger partial charge in [0.2, 0.25) is 5.95 Å². The molecule has 34 heavy (non-hydrogen) atoms. The maximum Gasteiger partial charge on any atom is 0.350 e. The smallest absolute Gasteiger partial charge is 0.350 e. The molecule has 0 radical (unpaired) electrons. The lowest BCUT2D eigenvalue weighted by Gasteiger charge is -2.30. The van der Waals surface area contributed by atoms with Gasteiger partial charge < -0.3 is 14.7 Å². The number of nitrogens with zero attached hydrogens (tertiary/aromatic N) is 4. The summed E-state index contributed by atoms with van der Waals surface area (Å²) in [6, 6.07) is 10.5. The summed E-state index contributed by atoms with van der Waals surface area (Å²) in [6.07, 6.45) is 3.90. The summed E-state index contributed by atoms with van der Waals surface area (Å²) in [7, 11) is 0. The number of aliphatic hydroxyl groups excluding tert-OH is 1. The van der Waals surface area contributed by atoms with Crippen LogP contribution in [-0.4, -0.2) is 58.1 Å². The lowest BCUT2D eigenvalue weighted by Crippen LogP contribution is -2.36. The summed E-state index contributed by atoms with van der Waals surface area (Å²) in [5, 5.41) is 13.6. The molecule has 0 bridgehead atoms. The summed E-state index contributed by atoms with van der Waals surface area (Å²) >= 11 is 2.95. The molecule has 8 nitrogen and oxygen atoms in total. The average Bonchev–Trinajstić information content (AvgIpc) is 3.20. The number of carbonyl (C=O) groups excluding carboxylic acids is 1. The van der Waals surface area contributed by atoms with E-state index in [9.17, 15) is 9.90 Å². The van der Waals surface area contributed by atoms with Gasteiger partial charge in [0.05, 0.1) is 24.1 Å². The van der Waals surface area contributed by atoms with Gasteiger partial charge in [0.1, 0.15) is 10.7 Å². The normalized spacial score (nSPS) is 14.3. The van der Waals surface area contributed by atoms with Gasteiger partial charge in [0.25, 0.3) is 0 Å². The first-order valence-corrected chi connectivity index (χ1v) is 13.3. The molecule has 10 heteroatoms. The first-order chi connectivity index (χ1) is 16.4. The van der Waals surface area contributed by atoms with E-state index in [0.717, 1.165) is 30.2 Å². The Hall–Kier alpha value is -2.69. The Labute approximate surface area is 207 Å². The first-order valence-electron chi connectivity index (χ1n) is 11.3. The Kier molecular flexibility index (Phi) is 8.02. The molecule has 0 aliphatic carbocycles. The number of thioether (sulfide) groups is 1. The van der Waals surface area contributed by atoms with Crippen molar-refractivity contribution in [2.75, 3.05) is 36.2 Å². The highest BCUT2D eigenvalue weighted by molar-refractivity contribution is 7.98. The van der Waals surface area contributed by atoms with Crippen LogP contribution < -0.4 is 10.2 Å². The van der Waals surface area contributed by atoms with Crippen molar-refractivity contribution in [3.8, 4) is 0 Å². The fourth-order valence-electron chi connectivity index (χ4n) is 3.77. The Morgan fingerprint density at radius 1 is 1.24 bits per heavy atom. The average molecular weight is 500 g/mol. The third-order valence-corrected chi connectivity index (χ3v) is 7.37. The highest BCUT2D eigenvalue weighted by Crippen LogP contribution is 2.28. The molecule has 3 heterocycles. The third-order valence-electron chi connectivity index (χ3n) is 5.57. The molecule has 3 aromatic rings. The maximum atomic E-state index is 12.2. The zero-order valence-electron chi connectivity index (χ0n) is 19.6. The number of thiazole rings is 1. The highest BCUT2D eigenvalue weighted by Gasteiger charge is 2.21. The summed E-state index contributed by atoms with van der Waals surface area (Å²) < 4.78 is 5.13. The Balaban J connectivity index is 1.61. The van der Waals surface area contributed by atoms with E-state index >= 15 is 0 Å². The number of piperidine rings is 1. The van der Waals surface area contributed by atoms with Crippen molar-refractivity contribution >= 4 is 46.0 Å². The number of aromatic nitrogens is 3. The lowest BCUT2D eigenvalue weighted by molar-refractivity contribution is 0.0531. The molecule has 180 valence electrons. The van der Waals surface area contributed by atoms with Gasteiger partial charge in [-0.3, -0.25) is 5.32 Å². The summed E-state index contributed by atoms with van der Waals surface area (Å²) in [6.45, 7) is 5.36. The van der Waals surface area contributed by atoms with Gasteiger partial charge in [-0.15, -0.1) is 11.8 Å². The van der Waals surface area contributed by atoms with E-state index in [1.807, 2.05) is 6.07 Å². The van der Waals surface area contributed by atoms with Gasteiger partial charge in [-0.25, -0.2) is 14.8 Å². The van der Waals surface area contributed by atoms with E-state index in [-0.39, 0.29) is 12.1 Å². The second kappa shape index (κ2) is 11.2. The van der Waals surface area contributed by atoms with Crippen molar-refractivity contribution < 1.29 is 14.6 Å². The maximum absolute atomic E-state index is 12.2. The fourth-order valence-corrected chi connectivity index (χ4v) is 5.03. The van der Waals surface area contributed by atoms with Gasteiger partial charge in [0, 0.05) is 30.5 Å². The number of anilines is 3. The minimum atomic E-state index is -0.374. The van der Waals surface area contributed by atoms with Gasteiger partial charge in [-0.1, -0.05) is 23.5 Å². The van der Waals surface area contributed by atoms with Crippen molar-refractivity contribution in [3.63, 3.8) is 0 Å². The number of hydrogen-bond donors (Lipinski definition) is 2. The van der Waals surface area contributed by atoms with Gasteiger partial charge >= 0.3 is 5.97 Å².